The van der Waals surface area contributed by atoms with Gasteiger partial charge in [-0.25, -0.2) is 0 Å². The average molecular weight is 186 g/mol. The fourth-order valence-electron chi connectivity index (χ4n) is 2.05. The number of hydrogen-bond acceptors (Lipinski definition) is 4. The van der Waals surface area contributed by atoms with Gasteiger partial charge in [0.2, 0.25) is 0 Å². The van der Waals surface area contributed by atoms with Crippen molar-refractivity contribution >= 4 is 0 Å². The van der Waals surface area contributed by atoms with Gasteiger partial charge in [0, 0.05) is 24.5 Å². The minimum atomic E-state index is 0.239. The van der Waals surface area contributed by atoms with Crippen molar-refractivity contribution in [3.05, 3.63) is 0 Å². The molecule has 1 aliphatic rings. The molecule has 0 amide bonds. The van der Waals surface area contributed by atoms with E-state index < -0.39 is 0 Å². The molecule has 1 heterocycles. The van der Waals surface area contributed by atoms with E-state index in [9.17, 15) is 0 Å². The van der Waals surface area contributed by atoms with Gasteiger partial charge >= 0.3 is 0 Å². The summed E-state index contributed by atoms with van der Waals surface area (Å²) < 4.78 is 0. The Morgan fingerprint density at radius 1 is 1.38 bits per heavy atom. The minimum absolute atomic E-state index is 0.239. The zero-order valence-electron chi connectivity index (χ0n) is 8.45. The number of likely N-dealkylation sites (tertiary alicyclic amines) is 1. The molecule has 1 fully saturated rings. The van der Waals surface area contributed by atoms with E-state index >= 15 is 0 Å². The second-order valence-electron chi connectivity index (χ2n) is 3.95. The van der Waals surface area contributed by atoms with Crippen LogP contribution >= 0.6 is 0 Å². The summed E-state index contributed by atoms with van der Waals surface area (Å²) in [5, 5.41) is 0. The van der Waals surface area contributed by atoms with Crippen molar-refractivity contribution in [1.29, 1.82) is 0 Å². The highest BCUT2D eigenvalue weighted by Crippen LogP contribution is 2.20. The van der Waals surface area contributed by atoms with E-state index in [-0.39, 0.29) is 6.04 Å². The monoisotopic (exact) mass is 186 g/mol. The van der Waals surface area contributed by atoms with Crippen LogP contribution in [0.3, 0.4) is 0 Å². The summed E-state index contributed by atoms with van der Waals surface area (Å²) in [5.41, 5.74) is 17.2. The summed E-state index contributed by atoms with van der Waals surface area (Å²) in [7, 11) is 0. The molecule has 6 N–H and O–H groups in total. The second-order valence-corrected chi connectivity index (χ2v) is 3.95. The molecular formula is C9H22N4. The maximum absolute atomic E-state index is 6.04. The number of rotatable bonds is 4. The highest BCUT2D eigenvalue weighted by Gasteiger charge is 2.34. The Bertz CT molecular complexity index is 151. The zero-order valence-corrected chi connectivity index (χ0v) is 8.45. The predicted octanol–water partition coefficient (Wildman–Crippen LogP) is -1.06. The Hall–Kier alpha value is -0.160. The van der Waals surface area contributed by atoms with Gasteiger partial charge in [0.25, 0.3) is 0 Å². The van der Waals surface area contributed by atoms with Crippen LogP contribution in [0.25, 0.3) is 0 Å². The lowest BCUT2D eigenvalue weighted by atomic mass is 10.0. The molecule has 4 heteroatoms. The Kier molecular flexibility index (Phi) is 4.12. The molecule has 0 aromatic carbocycles. The van der Waals surface area contributed by atoms with E-state index in [0.717, 1.165) is 26.1 Å². The lowest BCUT2D eigenvalue weighted by Crippen LogP contribution is -2.40. The molecule has 0 bridgehead atoms. The Morgan fingerprint density at radius 3 is 2.54 bits per heavy atom. The normalized spacial score (nSPS) is 35.5. The lowest BCUT2D eigenvalue weighted by molar-refractivity contribution is 0.257. The van der Waals surface area contributed by atoms with Gasteiger partial charge in [-0.05, 0) is 33.0 Å². The van der Waals surface area contributed by atoms with Crippen LogP contribution in [0, 0.1) is 5.92 Å². The summed E-state index contributed by atoms with van der Waals surface area (Å²) in [6.45, 7) is 5.73. The van der Waals surface area contributed by atoms with Crippen molar-refractivity contribution in [1.82, 2.24) is 4.90 Å². The maximum atomic E-state index is 6.04. The second kappa shape index (κ2) is 4.91. The average Bonchev–Trinajstić information content (AvgIpc) is 2.41. The molecule has 3 atom stereocenters. The lowest BCUT2D eigenvalue weighted by Gasteiger charge is -2.22. The molecule has 0 saturated carbocycles. The van der Waals surface area contributed by atoms with Gasteiger partial charge in [-0.1, -0.05) is 0 Å². The molecule has 78 valence electrons. The molecule has 3 unspecified atom stereocenters. The summed E-state index contributed by atoms with van der Waals surface area (Å²) in [5.74, 6) is 0.466. The van der Waals surface area contributed by atoms with Crippen molar-refractivity contribution in [3.8, 4) is 0 Å². The first-order valence-electron chi connectivity index (χ1n) is 5.10. The van der Waals surface area contributed by atoms with Crippen molar-refractivity contribution < 1.29 is 0 Å². The van der Waals surface area contributed by atoms with E-state index in [1.165, 1.54) is 0 Å². The fourth-order valence-corrected chi connectivity index (χ4v) is 2.05. The summed E-state index contributed by atoms with van der Waals surface area (Å²) in [6.07, 6.45) is 1.05. The first-order valence-corrected chi connectivity index (χ1v) is 5.10. The number of nitrogens with zero attached hydrogens (tertiary/aromatic N) is 1. The topological polar surface area (TPSA) is 81.3 Å². The van der Waals surface area contributed by atoms with E-state index in [1.807, 2.05) is 0 Å². The highest BCUT2D eigenvalue weighted by atomic mass is 15.2. The van der Waals surface area contributed by atoms with Crippen LogP contribution in [0.1, 0.15) is 13.3 Å². The van der Waals surface area contributed by atoms with E-state index in [2.05, 4.69) is 11.8 Å². The summed E-state index contributed by atoms with van der Waals surface area (Å²) in [6, 6.07) is 0.697. The SMILES string of the molecule is CC1C(N)C(CN)CN1CCCN. The van der Waals surface area contributed by atoms with Crippen LogP contribution in [0.15, 0.2) is 0 Å². The van der Waals surface area contributed by atoms with Gasteiger partial charge in [-0.3, -0.25) is 4.90 Å². The Morgan fingerprint density at radius 2 is 2.08 bits per heavy atom. The standard InChI is InChI=1S/C9H22N4/c1-7-9(12)8(5-11)6-13(7)4-2-3-10/h7-9H,2-6,10-12H2,1H3. The van der Waals surface area contributed by atoms with E-state index in [4.69, 9.17) is 17.2 Å². The van der Waals surface area contributed by atoms with Crippen molar-refractivity contribution in [2.45, 2.75) is 25.4 Å². The van der Waals surface area contributed by atoms with E-state index in [0.29, 0.717) is 18.5 Å². The van der Waals surface area contributed by atoms with Gasteiger partial charge < -0.3 is 17.2 Å². The minimum Gasteiger partial charge on any atom is -0.330 e. The molecule has 4 nitrogen and oxygen atoms in total. The third-order valence-electron chi connectivity index (χ3n) is 3.10. The van der Waals surface area contributed by atoms with E-state index in [1.54, 1.807) is 0 Å². The molecule has 13 heavy (non-hydrogen) atoms. The van der Waals surface area contributed by atoms with Gasteiger partial charge in [0.05, 0.1) is 0 Å². The highest BCUT2D eigenvalue weighted by molar-refractivity contribution is 4.93. The third kappa shape index (κ3) is 2.40. The molecule has 1 saturated heterocycles. The largest absolute Gasteiger partial charge is 0.330 e. The molecule has 1 rings (SSSR count). The maximum Gasteiger partial charge on any atom is 0.0247 e. The van der Waals surface area contributed by atoms with Crippen LogP contribution in [-0.2, 0) is 0 Å². The van der Waals surface area contributed by atoms with Crippen LogP contribution in [0.4, 0.5) is 0 Å². The van der Waals surface area contributed by atoms with Crippen LogP contribution in [0.2, 0.25) is 0 Å². The van der Waals surface area contributed by atoms with Crippen molar-refractivity contribution in [2.75, 3.05) is 26.2 Å². The quantitative estimate of drug-likeness (QED) is 0.523. The Balaban J connectivity index is 2.40. The van der Waals surface area contributed by atoms with Crippen LogP contribution in [0.5, 0.6) is 0 Å². The van der Waals surface area contributed by atoms with Gasteiger partial charge in [-0.2, -0.15) is 0 Å². The third-order valence-corrected chi connectivity index (χ3v) is 3.10. The molecule has 0 aliphatic carbocycles. The summed E-state index contributed by atoms with van der Waals surface area (Å²) >= 11 is 0. The molecule has 0 aromatic heterocycles. The molecular weight excluding hydrogens is 164 g/mol. The number of nitrogens with two attached hydrogens (primary N) is 3. The molecule has 0 aromatic rings. The Labute approximate surface area is 80.4 Å². The van der Waals surface area contributed by atoms with Gasteiger partial charge in [-0.15, -0.1) is 0 Å². The van der Waals surface area contributed by atoms with Gasteiger partial charge in [0.15, 0.2) is 0 Å². The number of hydrogen-bond donors (Lipinski definition) is 3. The molecule has 0 radical (unpaired) electrons. The summed E-state index contributed by atoms with van der Waals surface area (Å²) in [4.78, 5) is 2.40. The first-order chi connectivity index (χ1) is 6.20. The molecule has 1 aliphatic heterocycles. The first kappa shape index (κ1) is 10.9. The smallest absolute Gasteiger partial charge is 0.0247 e. The predicted molar refractivity (Wildman–Crippen MR) is 55.2 cm³/mol. The van der Waals surface area contributed by atoms with Crippen molar-refractivity contribution in [3.63, 3.8) is 0 Å². The van der Waals surface area contributed by atoms with Crippen molar-refractivity contribution in [2.24, 2.45) is 23.1 Å². The fraction of sp³-hybridized carbons (Fsp3) is 1.00. The molecule has 0 spiro atoms. The van der Waals surface area contributed by atoms with Gasteiger partial charge in [0.1, 0.15) is 0 Å². The zero-order chi connectivity index (χ0) is 9.84. The van der Waals surface area contributed by atoms with Crippen LogP contribution < -0.4 is 17.2 Å². The van der Waals surface area contributed by atoms with Crippen LogP contribution in [-0.4, -0.2) is 43.2 Å².